The van der Waals surface area contributed by atoms with E-state index in [2.05, 4.69) is 88.5 Å². The van der Waals surface area contributed by atoms with Crippen LogP contribution < -0.4 is 5.32 Å². The fraction of sp³-hybridized carbons (Fsp3) is 0.435. The van der Waals surface area contributed by atoms with Gasteiger partial charge in [-0.25, -0.2) is 0 Å². The van der Waals surface area contributed by atoms with Gasteiger partial charge in [-0.1, -0.05) is 108 Å². The summed E-state index contributed by atoms with van der Waals surface area (Å²) in [5.41, 5.74) is 3.87. The Morgan fingerprint density at radius 1 is 0.760 bits per heavy atom. The molecule has 0 heterocycles. The highest BCUT2D eigenvalue weighted by Crippen LogP contribution is 2.18. The van der Waals surface area contributed by atoms with Crippen molar-refractivity contribution >= 4 is 6.29 Å². The minimum absolute atomic E-state index is 0.483. The molecule has 2 rings (SSSR count). The van der Waals surface area contributed by atoms with E-state index in [0.717, 1.165) is 12.8 Å². The second-order valence-electron chi connectivity index (χ2n) is 5.62. The number of nitrogens with one attached hydrogen (secondary N) is 1. The minimum atomic E-state index is 0.483. The fourth-order valence-electron chi connectivity index (χ4n) is 1.58. The van der Waals surface area contributed by atoms with Crippen LogP contribution >= 0.6 is 0 Å². The van der Waals surface area contributed by atoms with Crippen molar-refractivity contribution in [1.82, 2.24) is 5.32 Å². The second kappa shape index (κ2) is 20.1. The number of hydrogen-bond donors (Lipinski definition) is 1. The molecule has 0 radical (unpaired) electrons. The van der Waals surface area contributed by atoms with E-state index >= 15 is 0 Å². The van der Waals surface area contributed by atoms with E-state index in [-0.39, 0.29) is 0 Å². The molecule has 0 saturated carbocycles. The first kappa shape index (κ1) is 25.3. The number of carbonyl (C=O) groups is 1. The largest absolute Gasteiger partial charge is 0.311 e. The van der Waals surface area contributed by atoms with Crippen molar-refractivity contribution in [3.63, 3.8) is 0 Å². The van der Waals surface area contributed by atoms with Gasteiger partial charge in [0.15, 0.2) is 0 Å². The summed E-state index contributed by atoms with van der Waals surface area (Å²) in [6, 6.07) is 19.0. The number of rotatable bonds is 4. The average Bonchev–Trinajstić information content (AvgIpc) is 2.63. The molecule has 2 heteroatoms. The Morgan fingerprint density at radius 2 is 1.20 bits per heavy atom. The molecular formula is C23H37NO. The second-order valence-corrected chi connectivity index (χ2v) is 5.62. The van der Waals surface area contributed by atoms with E-state index in [0.29, 0.717) is 6.54 Å². The zero-order valence-corrected chi connectivity index (χ0v) is 17.0. The van der Waals surface area contributed by atoms with Crippen LogP contribution in [0.1, 0.15) is 53.0 Å². The van der Waals surface area contributed by atoms with Crippen LogP contribution in [0, 0.1) is 6.92 Å². The summed E-state index contributed by atoms with van der Waals surface area (Å²) in [4.78, 5) is 9.50. The molecule has 0 unspecified atom stereocenters. The average molecular weight is 344 g/mol. The summed E-state index contributed by atoms with van der Waals surface area (Å²) >= 11 is 0. The van der Waals surface area contributed by atoms with E-state index in [9.17, 15) is 4.79 Å². The summed E-state index contributed by atoms with van der Waals surface area (Å²) in [6.45, 7) is 13.9. The molecule has 0 aliphatic rings. The van der Waals surface area contributed by atoms with Crippen LogP contribution in [0.3, 0.4) is 0 Å². The summed E-state index contributed by atoms with van der Waals surface area (Å²) in [6.07, 6.45) is 3.35. The monoisotopic (exact) mass is 343 g/mol. The molecule has 0 aromatic heterocycles. The van der Waals surface area contributed by atoms with Crippen molar-refractivity contribution in [2.75, 3.05) is 13.1 Å². The van der Waals surface area contributed by atoms with Gasteiger partial charge in [0.25, 0.3) is 0 Å². The number of hydrogen-bond acceptors (Lipinski definition) is 2. The molecule has 0 aliphatic heterocycles. The van der Waals surface area contributed by atoms with Gasteiger partial charge in [0.05, 0.1) is 6.54 Å². The Morgan fingerprint density at radius 3 is 1.56 bits per heavy atom. The van der Waals surface area contributed by atoms with Gasteiger partial charge in [-0.3, -0.25) is 0 Å². The Kier molecular flexibility index (Phi) is 20.4. The molecule has 2 aromatic carbocycles. The maximum absolute atomic E-state index is 9.50. The molecule has 25 heavy (non-hydrogen) atoms. The standard InChI is InChI=1S/C13H12.C4H9NO.2C3H8/c1-11-7-9-13(10-8-11)12-5-3-2-4-6-12;1-2-5-3-4-6;2*1-3-2/h2-10H,1H3;4-5H,2-3H2,1H3;2*3H2,1-2H3. The van der Waals surface area contributed by atoms with Crippen molar-refractivity contribution in [3.8, 4) is 11.1 Å². The molecule has 0 fully saturated rings. The van der Waals surface area contributed by atoms with Crippen LogP contribution in [-0.2, 0) is 4.79 Å². The normalized spacial score (nSPS) is 8.56. The molecule has 140 valence electrons. The zero-order chi connectivity index (χ0) is 19.3. The quantitative estimate of drug-likeness (QED) is 0.522. The Bertz CT molecular complexity index is 489. The molecule has 2 nitrogen and oxygen atoms in total. The van der Waals surface area contributed by atoms with Crippen molar-refractivity contribution in [2.45, 2.75) is 54.4 Å². The predicted octanol–water partition coefficient (Wildman–Crippen LogP) is 6.29. The molecule has 0 bridgehead atoms. The summed E-state index contributed by atoms with van der Waals surface area (Å²) in [5, 5.41) is 2.83. The van der Waals surface area contributed by atoms with Crippen molar-refractivity contribution < 1.29 is 4.79 Å². The lowest BCUT2D eigenvalue weighted by molar-refractivity contribution is -0.107. The topological polar surface area (TPSA) is 29.1 Å². The van der Waals surface area contributed by atoms with Crippen LogP contribution in [0.15, 0.2) is 54.6 Å². The summed E-state index contributed by atoms with van der Waals surface area (Å²) in [5.74, 6) is 0. The van der Waals surface area contributed by atoms with Crippen molar-refractivity contribution in [3.05, 3.63) is 60.2 Å². The molecule has 0 aliphatic carbocycles. The Hall–Kier alpha value is -1.93. The number of aldehydes is 1. The van der Waals surface area contributed by atoms with Crippen LogP contribution in [0.2, 0.25) is 0 Å². The van der Waals surface area contributed by atoms with Gasteiger partial charge in [0.1, 0.15) is 6.29 Å². The van der Waals surface area contributed by atoms with Gasteiger partial charge in [-0.05, 0) is 24.6 Å². The lowest BCUT2D eigenvalue weighted by Gasteiger charge is -2.00. The van der Waals surface area contributed by atoms with Crippen LogP contribution in [0.5, 0.6) is 0 Å². The molecule has 0 atom stereocenters. The SMILES string of the molecule is CCC.CCC.CCNCC=O.Cc1ccc(-c2ccccc2)cc1. The first-order valence-corrected chi connectivity index (χ1v) is 9.37. The first-order chi connectivity index (χ1) is 12.1. The van der Waals surface area contributed by atoms with Gasteiger partial charge in [-0.15, -0.1) is 0 Å². The molecular weight excluding hydrogens is 306 g/mol. The molecule has 2 aromatic rings. The van der Waals surface area contributed by atoms with Gasteiger partial charge in [0.2, 0.25) is 0 Å². The number of benzene rings is 2. The van der Waals surface area contributed by atoms with Crippen LogP contribution in [-0.4, -0.2) is 19.4 Å². The molecule has 0 spiro atoms. The summed E-state index contributed by atoms with van der Waals surface area (Å²) in [7, 11) is 0. The number of carbonyl (C=O) groups excluding carboxylic acids is 1. The third-order valence-electron chi connectivity index (χ3n) is 2.64. The third kappa shape index (κ3) is 16.7. The number of likely N-dealkylation sites (N-methyl/N-ethyl adjacent to an activating group) is 1. The van der Waals surface area contributed by atoms with E-state index in [1.807, 2.05) is 13.0 Å². The lowest BCUT2D eigenvalue weighted by atomic mass is 10.0. The van der Waals surface area contributed by atoms with E-state index < -0.39 is 0 Å². The van der Waals surface area contributed by atoms with Gasteiger partial charge in [0, 0.05) is 0 Å². The fourth-order valence-corrected chi connectivity index (χ4v) is 1.58. The van der Waals surface area contributed by atoms with E-state index in [1.165, 1.54) is 29.5 Å². The lowest BCUT2D eigenvalue weighted by Crippen LogP contribution is -2.14. The maximum Gasteiger partial charge on any atom is 0.133 e. The Labute approximate surface area is 155 Å². The van der Waals surface area contributed by atoms with E-state index in [1.54, 1.807) is 0 Å². The van der Waals surface area contributed by atoms with E-state index in [4.69, 9.17) is 0 Å². The maximum atomic E-state index is 9.50. The highest BCUT2D eigenvalue weighted by Gasteiger charge is 1.93. The zero-order valence-electron chi connectivity index (χ0n) is 17.0. The van der Waals surface area contributed by atoms with Crippen molar-refractivity contribution in [2.24, 2.45) is 0 Å². The van der Waals surface area contributed by atoms with Gasteiger partial charge >= 0.3 is 0 Å². The van der Waals surface area contributed by atoms with Crippen LogP contribution in [0.4, 0.5) is 0 Å². The highest BCUT2D eigenvalue weighted by atomic mass is 16.1. The van der Waals surface area contributed by atoms with Gasteiger partial charge < -0.3 is 10.1 Å². The molecule has 0 saturated heterocycles. The predicted molar refractivity (Wildman–Crippen MR) is 113 cm³/mol. The van der Waals surface area contributed by atoms with Crippen molar-refractivity contribution in [1.29, 1.82) is 0 Å². The number of aryl methyl sites for hydroxylation is 1. The highest BCUT2D eigenvalue weighted by molar-refractivity contribution is 5.63. The molecule has 1 N–H and O–H groups in total. The molecule has 0 amide bonds. The van der Waals surface area contributed by atoms with Crippen LogP contribution in [0.25, 0.3) is 11.1 Å². The third-order valence-corrected chi connectivity index (χ3v) is 2.64. The summed E-state index contributed by atoms with van der Waals surface area (Å²) < 4.78 is 0. The first-order valence-electron chi connectivity index (χ1n) is 9.37. The minimum Gasteiger partial charge on any atom is -0.311 e. The van der Waals surface area contributed by atoms with Gasteiger partial charge in [-0.2, -0.15) is 0 Å². The Balaban J connectivity index is 0. The smallest absolute Gasteiger partial charge is 0.133 e.